The Balaban J connectivity index is 0.000000166. The number of fused-ring (bicyclic) bond motifs is 2. The third-order valence-electron chi connectivity index (χ3n) is 4.70. The van der Waals surface area contributed by atoms with Gasteiger partial charge >= 0.3 is 0 Å². The largest absolute Gasteiger partial charge is 0.496 e. The van der Waals surface area contributed by atoms with Crippen molar-refractivity contribution in [3.05, 3.63) is 83.9 Å². The van der Waals surface area contributed by atoms with Gasteiger partial charge in [-0.2, -0.15) is 5.26 Å². The molecule has 0 saturated carbocycles. The number of nitriles is 1. The first-order chi connectivity index (χ1) is 14.1. The number of benzene rings is 4. The van der Waals surface area contributed by atoms with Crippen molar-refractivity contribution < 1.29 is 14.3 Å². The molecule has 0 unspecified atom stereocenters. The van der Waals surface area contributed by atoms with Crippen molar-refractivity contribution in [2.75, 3.05) is 14.2 Å². The fourth-order valence-corrected chi connectivity index (χ4v) is 3.32. The zero-order valence-corrected chi connectivity index (χ0v) is 16.6. The van der Waals surface area contributed by atoms with Gasteiger partial charge in [-0.1, -0.05) is 54.6 Å². The maximum absolute atomic E-state index is 11.4. The molecule has 0 radical (unpaired) electrons. The Morgan fingerprint density at radius 2 is 1.21 bits per heavy atom. The van der Waals surface area contributed by atoms with Crippen molar-refractivity contribution in [3.8, 4) is 17.6 Å². The molecule has 4 rings (SSSR count). The minimum atomic E-state index is 0.0776. The van der Waals surface area contributed by atoms with Crippen LogP contribution < -0.4 is 9.47 Å². The van der Waals surface area contributed by atoms with Crippen molar-refractivity contribution >= 4 is 27.3 Å². The molecule has 0 atom stereocenters. The van der Waals surface area contributed by atoms with Crippen molar-refractivity contribution in [1.29, 1.82) is 5.26 Å². The first-order valence-corrected chi connectivity index (χ1v) is 9.13. The zero-order chi connectivity index (χ0) is 20.8. The summed E-state index contributed by atoms with van der Waals surface area (Å²) in [5, 5.41) is 12.8. The van der Waals surface area contributed by atoms with Crippen molar-refractivity contribution in [2.24, 2.45) is 0 Å². The van der Waals surface area contributed by atoms with Crippen LogP contribution in [0.25, 0.3) is 21.5 Å². The summed E-state index contributed by atoms with van der Waals surface area (Å²) in [7, 11) is 3.27. The standard InChI is InChI=1S/C13H12O2.C12H9NO/c1-9(14)10-5-3-7-12-11(10)6-4-8-13(12)15-2;1-14-12-7-3-5-10-9(8-13)4-2-6-11(10)12/h3-8H,1-2H3;2-7H,1H3. The van der Waals surface area contributed by atoms with Crippen LogP contribution >= 0.6 is 0 Å². The van der Waals surface area contributed by atoms with Gasteiger partial charge in [0, 0.05) is 21.7 Å². The lowest BCUT2D eigenvalue weighted by Gasteiger charge is -2.07. The molecular weight excluding hydrogens is 362 g/mol. The van der Waals surface area contributed by atoms with Crippen LogP contribution in [0, 0.1) is 11.3 Å². The quantitative estimate of drug-likeness (QED) is 0.421. The second kappa shape index (κ2) is 8.90. The Morgan fingerprint density at radius 1 is 0.724 bits per heavy atom. The van der Waals surface area contributed by atoms with Crippen LogP contribution in [-0.4, -0.2) is 20.0 Å². The molecule has 4 heteroatoms. The van der Waals surface area contributed by atoms with Crippen LogP contribution in [0.4, 0.5) is 0 Å². The summed E-state index contributed by atoms with van der Waals surface area (Å²) in [6, 6.07) is 24.9. The van der Waals surface area contributed by atoms with E-state index in [0.717, 1.165) is 38.6 Å². The second-order valence-electron chi connectivity index (χ2n) is 6.39. The summed E-state index contributed by atoms with van der Waals surface area (Å²) in [6.45, 7) is 1.58. The number of nitrogens with zero attached hydrogens (tertiary/aromatic N) is 1. The third-order valence-corrected chi connectivity index (χ3v) is 4.70. The highest BCUT2D eigenvalue weighted by Crippen LogP contribution is 2.28. The first kappa shape index (κ1) is 19.9. The summed E-state index contributed by atoms with van der Waals surface area (Å²) in [5.41, 5.74) is 1.42. The van der Waals surface area contributed by atoms with Crippen LogP contribution in [0.3, 0.4) is 0 Å². The molecule has 0 aliphatic carbocycles. The van der Waals surface area contributed by atoms with Crippen LogP contribution in [0.5, 0.6) is 11.5 Å². The fraction of sp³-hybridized carbons (Fsp3) is 0.120. The lowest BCUT2D eigenvalue weighted by molar-refractivity contribution is 0.101. The Hall–Kier alpha value is -3.84. The molecule has 0 spiro atoms. The van der Waals surface area contributed by atoms with E-state index in [2.05, 4.69) is 6.07 Å². The number of hydrogen-bond acceptors (Lipinski definition) is 4. The van der Waals surface area contributed by atoms with Crippen molar-refractivity contribution in [2.45, 2.75) is 6.92 Å². The normalized spacial score (nSPS) is 10.0. The molecule has 0 N–H and O–H groups in total. The number of methoxy groups -OCH3 is 2. The first-order valence-electron chi connectivity index (χ1n) is 9.13. The summed E-state index contributed by atoms with van der Waals surface area (Å²) in [5.74, 6) is 1.68. The minimum absolute atomic E-state index is 0.0776. The Labute approximate surface area is 169 Å². The zero-order valence-electron chi connectivity index (χ0n) is 16.6. The maximum atomic E-state index is 11.4. The lowest BCUT2D eigenvalue weighted by atomic mass is 10.0. The van der Waals surface area contributed by atoms with Gasteiger partial charge in [0.25, 0.3) is 0 Å². The smallest absolute Gasteiger partial charge is 0.160 e. The predicted octanol–water partition coefficient (Wildman–Crippen LogP) is 5.77. The summed E-state index contributed by atoms with van der Waals surface area (Å²) in [6.07, 6.45) is 0. The highest BCUT2D eigenvalue weighted by molar-refractivity contribution is 6.08. The number of hydrogen-bond donors (Lipinski definition) is 0. The van der Waals surface area contributed by atoms with E-state index >= 15 is 0 Å². The van der Waals surface area contributed by atoms with Gasteiger partial charge in [0.2, 0.25) is 0 Å². The van der Waals surface area contributed by atoms with E-state index in [4.69, 9.17) is 14.7 Å². The minimum Gasteiger partial charge on any atom is -0.496 e. The second-order valence-corrected chi connectivity index (χ2v) is 6.39. The number of rotatable bonds is 3. The van der Waals surface area contributed by atoms with E-state index in [9.17, 15) is 4.79 Å². The molecule has 0 amide bonds. The molecule has 29 heavy (non-hydrogen) atoms. The topological polar surface area (TPSA) is 59.3 Å². The summed E-state index contributed by atoms with van der Waals surface area (Å²) >= 11 is 0. The Morgan fingerprint density at radius 3 is 1.76 bits per heavy atom. The van der Waals surface area contributed by atoms with Gasteiger partial charge in [0.1, 0.15) is 11.5 Å². The van der Waals surface area contributed by atoms with Crippen LogP contribution in [-0.2, 0) is 0 Å². The van der Waals surface area contributed by atoms with Gasteiger partial charge in [-0.15, -0.1) is 0 Å². The average Bonchev–Trinajstić information content (AvgIpc) is 2.77. The van der Waals surface area contributed by atoms with E-state index in [1.54, 1.807) is 21.1 Å². The molecule has 4 aromatic rings. The third kappa shape index (κ3) is 4.04. The van der Waals surface area contributed by atoms with Gasteiger partial charge in [-0.25, -0.2) is 0 Å². The maximum Gasteiger partial charge on any atom is 0.160 e. The molecule has 4 nitrogen and oxygen atoms in total. The van der Waals surface area contributed by atoms with Gasteiger partial charge < -0.3 is 9.47 Å². The summed E-state index contributed by atoms with van der Waals surface area (Å²) in [4.78, 5) is 11.4. The van der Waals surface area contributed by atoms with E-state index in [0.29, 0.717) is 5.56 Å². The molecular formula is C25H21NO3. The van der Waals surface area contributed by atoms with Gasteiger partial charge in [0.15, 0.2) is 5.78 Å². The molecule has 144 valence electrons. The van der Waals surface area contributed by atoms with Gasteiger partial charge in [-0.3, -0.25) is 4.79 Å². The molecule has 4 aromatic carbocycles. The van der Waals surface area contributed by atoms with Crippen molar-refractivity contribution in [3.63, 3.8) is 0 Å². The van der Waals surface area contributed by atoms with E-state index in [1.807, 2.05) is 72.8 Å². The molecule has 0 aromatic heterocycles. The number of ketones is 1. The molecule has 0 fully saturated rings. The monoisotopic (exact) mass is 383 g/mol. The highest BCUT2D eigenvalue weighted by atomic mass is 16.5. The fourth-order valence-electron chi connectivity index (χ4n) is 3.32. The van der Waals surface area contributed by atoms with E-state index in [1.165, 1.54) is 0 Å². The lowest BCUT2D eigenvalue weighted by Crippen LogP contribution is -1.94. The molecule has 0 saturated heterocycles. The van der Waals surface area contributed by atoms with Crippen LogP contribution in [0.15, 0.2) is 72.8 Å². The van der Waals surface area contributed by atoms with Gasteiger partial charge in [0.05, 0.1) is 25.9 Å². The average molecular weight is 383 g/mol. The SMILES string of the molecule is COc1cccc2c(C#N)cccc12.COc1cccc2c(C(C)=O)cccc12. The van der Waals surface area contributed by atoms with Crippen molar-refractivity contribution in [1.82, 2.24) is 0 Å². The summed E-state index contributed by atoms with van der Waals surface area (Å²) < 4.78 is 10.5. The molecule has 0 heterocycles. The van der Waals surface area contributed by atoms with E-state index in [-0.39, 0.29) is 5.78 Å². The Bertz CT molecular complexity index is 1220. The van der Waals surface area contributed by atoms with Crippen LogP contribution in [0.1, 0.15) is 22.8 Å². The predicted molar refractivity (Wildman–Crippen MR) is 116 cm³/mol. The number of ether oxygens (including phenoxy) is 2. The molecule has 0 aliphatic rings. The number of carbonyl (C=O) groups is 1. The van der Waals surface area contributed by atoms with Gasteiger partial charge in [-0.05, 0) is 30.5 Å². The Kier molecular flexibility index (Phi) is 6.11. The molecule has 0 aliphatic heterocycles. The van der Waals surface area contributed by atoms with E-state index < -0.39 is 0 Å². The molecule has 0 bridgehead atoms. The highest BCUT2D eigenvalue weighted by Gasteiger charge is 2.07. The van der Waals surface area contributed by atoms with Crippen LogP contribution in [0.2, 0.25) is 0 Å². The number of carbonyl (C=O) groups excluding carboxylic acids is 1. The number of Topliss-reactive ketones (excluding diaryl/α,β-unsaturated/α-hetero) is 1.